The van der Waals surface area contributed by atoms with E-state index in [1.54, 1.807) is 6.20 Å². The lowest BCUT2D eigenvalue weighted by Crippen LogP contribution is -2.33. The first-order valence-electron chi connectivity index (χ1n) is 5.24. The van der Waals surface area contributed by atoms with Gasteiger partial charge in [-0.2, -0.15) is 0 Å². The van der Waals surface area contributed by atoms with Crippen molar-refractivity contribution in [2.75, 3.05) is 18.4 Å². The average Bonchev–Trinajstić information content (AvgIpc) is 2.34. The highest BCUT2D eigenvalue weighted by atomic mass is 16.2. The second-order valence-corrected chi connectivity index (χ2v) is 3.47. The van der Waals surface area contributed by atoms with Crippen LogP contribution in [0.5, 0.6) is 0 Å². The Labute approximate surface area is 98.2 Å². The van der Waals surface area contributed by atoms with Crippen LogP contribution >= 0.6 is 0 Å². The van der Waals surface area contributed by atoms with E-state index in [2.05, 4.69) is 20.6 Å². The number of nitrogens with one attached hydrogen (secondary N) is 2. The van der Waals surface area contributed by atoms with Crippen LogP contribution in [0.3, 0.4) is 0 Å². The highest BCUT2D eigenvalue weighted by molar-refractivity contribution is 5.78. The average molecular weight is 231 g/mol. The second kappa shape index (κ2) is 5.11. The van der Waals surface area contributed by atoms with Gasteiger partial charge in [-0.05, 0) is 6.07 Å². The number of anilines is 1. The maximum absolute atomic E-state index is 10.4. The Kier molecular flexibility index (Phi) is 3.34. The lowest BCUT2D eigenvalue weighted by molar-refractivity contribution is 0.249. The molecule has 6 heteroatoms. The Morgan fingerprint density at radius 3 is 2.94 bits per heavy atom. The van der Waals surface area contributed by atoms with Crippen molar-refractivity contribution in [1.82, 2.24) is 15.3 Å². The molecule has 0 bridgehead atoms. The highest BCUT2D eigenvalue weighted by Gasteiger charge is 1.98. The predicted molar refractivity (Wildman–Crippen MR) is 65.6 cm³/mol. The molecule has 1 aromatic carbocycles. The van der Waals surface area contributed by atoms with Crippen LogP contribution < -0.4 is 16.4 Å². The molecule has 0 radical (unpaired) electrons. The van der Waals surface area contributed by atoms with Gasteiger partial charge in [0.1, 0.15) is 0 Å². The molecule has 0 aliphatic rings. The smallest absolute Gasteiger partial charge is 0.312 e. The van der Waals surface area contributed by atoms with Gasteiger partial charge in [0.05, 0.1) is 5.52 Å². The highest BCUT2D eigenvalue weighted by Crippen LogP contribution is 2.11. The molecular formula is C11H13N5O. The molecule has 88 valence electrons. The molecule has 2 rings (SSSR count). The summed E-state index contributed by atoms with van der Waals surface area (Å²) in [6.07, 6.45) is 1.76. The molecule has 4 N–H and O–H groups in total. The zero-order chi connectivity index (χ0) is 12.1. The van der Waals surface area contributed by atoms with Gasteiger partial charge >= 0.3 is 6.03 Å². The molecule has 0 saturated heterocycles. The fraction of sp³-hybridized carbons (Fsp3) is 0.182. The normalized spacial score (nSPS) is 10.1. The summed E-state index contributed by atoms with van der Waals surface area (Å²) in [5, 5.41) is 6.47. The number of fused-ring (bicyclic) bond motifs is 1. The molecule has 6 nitrogen and oxygen atoms in total. The van der Waals surface area contributed by atoms with Gasteiger partial charge in [0, 0.05) is 24.7 Å². The molecule has 0 unspecified atom stereocenters. The van der Waals surface area contributed by atoms with E-state index in [1.165, 1.54) is 0 Å². The number of nitrogens with zero attached hydrogens (tertiary/aromatic N) is 2. The zero-order valence-corrected chi connectivity index (χ0v) is 9.18. The maximum atomic E-state index is 10.4. The largest absolute Gasteiger partial charge is 0.352 e. The SMILES string of the molecule is NC(=O)NCCNc1ncc2ccccc2n1. The van der Waals surface area contributed by atoms with Crippen LogP contribution in [0.1, 0.15) is 0 Å². The summed E-state index contributed by atoms with van der Waals surface area (Å²) < 4.78 is 0. The zero-order valence-electron chi connectivity index (χ0n) is 9.18. The van der Waals surface area contributed by atoms with Crippen LogP contribution in [0, 0.1) is 0 Å². The lowest BCUT2D eigenvalue weighted by Gasteiger charge is -2.05. The number of aromatic nitrogens is 2. The minimum atomic E-state index is -0.536. The van der Waals surface area contributed by atoms with Gasteiger partial charge in [0.15, 0.2) is 0 Å². The molecule has 2 amide bonds. The van der Waals surface area contributed by atoms with E-state index in [0.717, 1.165) is 10.9 Å². The van der Waals surface area contributed by atoms with E-state index in [4.69, 9.17) is 5.73 Å². The number of carbonyl (C=O) groups excluding carboxylic acids is 1. The van der Waals surface area contributed by atoms with E-state index >= 15 is 0 Å². The van der Waals surface area contributed by atoms with E-state index in [9.17, 15) is 4.79 Å². The summed E-state index contributed by atoms with van der Waals surface area (Å²) in [6, 6.07) is 7.20. The van der Waals surface area contributed by atoms with Crippen LogP contribution in [-0.2, 0) is 0 Å². The first kappa shape index (κ1) is 11.1. The molecule has 0 atom stereocenters. The number of carbonyl (C=O) groups is 1. The van der Waals surface area contributed by atoms with Crippen LogP contribution in [0.2, 0.25) is 0 Å². The minimum absolute atomic E-state index is 0.436. The molecule has 17 heavy (non-hydrogen) atoms. The van der Waals surface area contributed by atoms with Crippen molar-refractivity contribution >= 4 is 22.9 Å². The summed E-state index contributed by atoms with van der Waals surface area (Å²) in [4.78, 5) is 18.9. The van der Waals surface area contributed by atoms with Gasteiger partial charge in [-0.1, -0.05) is 18.2 Å². The standard InChI is InChI=1S/C11H13N5O/c12-10(17)13-5-6-14-11-15-7-8-3-1-2-4-9(8)16-11/h1-4,7H,5-6H2,(H3,12,13,17)(H,14,15,16). The topological polar surface area (TPSA) is 92.9 Å². The molecule has 0 aliphatic carbocycles. The number of primary amides is 1. The van der Waals surface area contributed by atoms with Crippen molar-refractivity contribution in [3.05, 3.63) is 30.5 Å². The molecule has 2 aromatic rings. The number of para-hydroxylation sites is 1. The predicted octanol–water partition coefficient (Wildman–Crippen LogP) is 0.710. The van der Waals surface area contributed by atoms with E-state index in [-0.39, 0.29) is 0 Å². The summed E-state index contributed by atoms with van der Waals surface area (Å²) in [6.45, 7) is 0.965. The van der Waals surface area contributed by atoms with Crippen molar-refractivity contribution < 1.29 is 4.79 Å². The monoisotopic (exact) mass is 231 g/mol. The summed E-state index contributed by atoms with van der Waals surface area (Å²) in [5.41, 5.74) is 5.82. The van der Waals surface area contributed by atoms with Crippen molar-refractivity contribution in [3.63, 3.8) is 0 Å². The molecular weight excluding hydrogens is 218 g/mol. The quantitative estimate of drug-likeness (QED) is 0.675. The van der Waals surface area contributed by atoms with Crippen molar-refractivity contribution in [2.45, 2.75) is 0 Å². The van der Waals surface area contributed by atoms with Crippen molar-refractivity contribution in [2.24, 2.45) is 5.73 Å². The third-order valence-corrected chi connectivity index (χ3v) is 2.20. The number of amides is 2. The lowest BCUT2D eigenvalue weighted by atomic mass is 10.2. The Bertz CT molecular complexity index is 528. The van der Waals surface area contributed by atoms with Gasteiger partial charge in [-0.25, -0.2) is 14.8 Å². The number of rotatable bonds is 4. The number of urea groups is 1. The van der Waals surface area contributed by atoms with Gasteiger partial charge in [0.2, 0.25) is 5.95 Å². The minimum Gasteiger partial charge on any atom is -0.352 e. The molecule has 0 aliphatic heterocycles. The summed E-state index contributed by atoms with van der Waals surface area (Å²) in [7, 11) is 0. The van der Waals surface area contributed by atoms with Crippen LogP contribution in [-0.4, -0.2) is 29.1 Å². The molecule has 1 heterocycles. The Balaban J connectivity index is 1.97. The van der Waals surface area contributed by atoms with Gasteiger partial charge < -0.3 is 16.4 Å². The van der Waals surface area contributed by atoms with Gasteiger partial charge in [0.25, 0.3) is 0 Å². The molecule has 0 saturated carbocycles. The number of benzene rings is 1. The molecule has 0 spiro atoms. The first-order valence-corrected chi connectivity index (χ1v) is 5.24. The number of hydrogen-bond donors (Lipinski definition) is 3. The van der Waals surface area contributed by atoms with Crippen molar-refractivity contribution in [1.29, 1.82) is 0 Å². The fourth-order valence-electron chi connectivity index (χ4n) is 1.42. The third kappa shape index (κ3) is 3.04. The van der Waals surface area contributed by atoms with E-state index < -0.39 is 6.03 Å². The molecule has 1 aromatic heterocycles. The Morgan fingerprint density at radius 1 is 1.29 bits per heavy atom. The van der Waals surface area contributed by atoms with E-state index in [0.29, 0.717) is 19.0 Å². The van der Waals surface area contributed by atoms with Crippen LogP contribution in [0.25, 0.3) is 10.9 Å². The summed E-state index contributed by atoms with van der Waals surface area (Å²) >= 11 is 0. The van der Waals surface area contributed by atoms with Gasteiger partial charge in [-0.3, -0.25) is 0 Å². The van der Waals surface area contributed by atoms with Crippen molar-refractivity contribution in [3.8, 4) is 0 Å². The number of nitrogens with two attached hydrogens (primary N) is 1. The second-order valence-electron chi connectivity index (χ2n) is 3.47. The van der Waals surface area contributed by atoms with Crippen LogP contribution in [0.15, 0.2) is 30.5 Å². The molecule has 0 fully saturated rings. The first-order chi connectivity index (χ1) is 8.25. The fourth-order valence-corrected chi connectivity index (χ4v) is 1.42. The maximum Gasteiger partial charge on any atom is 0.312 e. The van der Waals surface area contributed by atoms with E-state index in [1.807, 2.05) is 24.3 Å². The van der Waals surface area contributed by atoms with Gasteiger partial charge in [-0.15, -0.1) is 0 Å². The Morgan fingerprint density at radius 2 is 2.12 bits per heavy atom. The third-order valence-electron chi connectivity index (χ3n) is 2.20. The van der Waals surface area contributed by atoms with Crippen LogP contribution in [0.4, 0.5) is 10.7 Å². The summed E-state index contributed by atoms with van der Waals surface area (Å²) in [5.74, 6) is 0.537. The Hall–Kier alpha value is -2.37. The number of hydrogen-bond acceptors (Lipinski definition) is 4.